The second-order valence-corrected chi connectivity index (χ2v) is 6.32. The van der Waals surface area contributed by atoms with Crippen molar-refractivity contribution in [1.29, 1.82) is 0 Å². The Labute approximate surface area is 135 Å². The number of aromatic hydroxyl groups is 3. The van der Waals surface area contributed by atoms with Crippen molar-refractivity contribution in [2.45, 2.75) is 19.4 Å². The third kappa shape index (κ3) is 1.93. The highest BCUT2D eigenvalue weighted by molar-refractivity contribution is 5.99. The second kappa shape index (κ2) is 4.44. The van der Waals surface area contributed by atoms with Gasteiger partial charge in [-0.25, -0.2) is 0 Å². The van der Waals surface area contributed by atoms with Crippen molar-refractivity contribution in [3.8, 4) is 23.0 Å². The summed E-state index contributed by atoms with van der Waals surface area (Å²) in [5.74, 6) is -0.560. The van der Waals surface area contributed by atoms with Crippen molar-refractivity contribution in [3.63, 3.8) is 0 Å². The van der Waals surface area contributed by atoms with Gasteiger partial charge in [-0.1, -0.05) is 0 Å². The SMILES string of the molecule is CC1(C)C=Cc2c(c(O)cc3c(=O)c4c(O)cc(O)cc4oc23)O1. The highest BCUT2D eigenvalue weighted by Gasteiger charge is 2.28. The summed E-state index contributed by atoms with van der Waals surface area (Å²) in [5, 5.41) is 29.9. The molecule has 0 saturated heterocycles. The number of phenols is 3. The van der Waals surface area contributed by atoms with E-state index in [4.69, 9.17) is 9.15 Å². The molecule has 6 heteroatoms. The minimum atomic E-state index is -0.605. The monoisotopic (exact) mass is 326 g/mol. The molecule has 24 heavy (non-hydrogen) atoms. The average Bonchev–Trinajstić information content (AvgIpc) is 2.47. The third-order valence-corrected chi connectivity index (χ3v) is 4.01. The number of phenolic OH excluding ortho intramolecular Hbond substituents is 3. The highest BCUT2D eigenvalue weighted by atomic mass is 16.5. The van der Waals surface area contributed by atoms with Crippen LogP contribution in [0, 0.1) is 0 Å². The molecule has 0 amide bonds. The standard InChI is InChI=1S/C18H14O6/c1-18(2)4-3-9-16-10(7-12(21)17(9)24-18)15(22)14-11(20)5-8(19)6-13(14)23-16/h3-7,19-21H,1-2H3. The van der Waals surface area contributed by atoms with Gasteiger partial charge in [-0.3, -0.25) is 4.79 Å². The van der Waals surface area contributed by atoms with Crippen LogP contribution < -0.4 is 10.2 Å². The molecule has 3 aromatic rings. The van der Waals surface area contributed by atoms with Crippen molar-refractivity contribution in [2.24, 2.45) is 0 Å². The van der Waals surface area contributed by atoms with E-state index in [1.165, 1.54) is 12.1 Å². The third-order valence-electron chi connectivity index (χ3n) is 4.01. The number of benzene rings is 2. The van der Waals surface area contributed by atoms with E-state index in [2.05, 4.69) is 0 Å². The van der Waals surface area contributed by atoms with Crippen molar-refractivity contribution < 1.29 is 24.5 Å². The first-order chi connectivity index (χ1) is 11.3. The lowest BCUT2D eigenvalue weighted by molar-refractivity contribution is 0.153. The number of hydrogen-bond acceptors (Lipinski definition) is 6. The van der Waals surface area contributed by atoms with E-state index in [1.807, 2.05) is 13.8 Å². The van der Waals surface area contributed by atoms with Gasteiger partial charge in [0.25, 0.3) is 0 Å². The molecule has 0 aliphatic carbocycles. The molecule has 0 fully saturated rings. The quantitative estimate of drug-likeness (QED) is 0.548. The van der Waals surface area contributed by atoms with E-state index >= 15 is 0 Å². The molecule has 3 N–H and O–H groups in total. The lowest BCUT2D eigenvalue weighted by atomic mass is 9.99. The molecule has 0 saturated carbocycles. The first-order valence-corrected chi connectivity index (χ1v) is 7.33. The summed E-state index contributed by atoms with van der Waals surface area (Å²) in [4.78, 5) is 12.7. The summed E-state index contributed by atoms with van der Waals surface area (Å²) < 4.78 is 11.5. The summed E-state index contributed by atoms with van der Waals surface area (Å²) in [6.45, 7) is 3.67. The van der Waals surface area contributed by atoms with Crippen molar-refractivity contribution in [2.75, 3.05) is 0 Å². The second-order valence-electron chi connectivity index (χ2n) is 6.32. The molecule has 1 aromatic heterocycles. The lowest BCUT2D eigenvalue weighted by Crippen LogP contribution is -2.27. The van der Waals surface area contributed by atoms with Crippen LogP contribution in [-0.2, 0) is 0 Å². The first kappa shape index (κ1) is 14.4. The molecular formula is C18H14O6. The van der Waals surface area contributed by atoms with Crippen LogP contribution in [0.15, 0.2) is 33.5 Å². The molecule has 0 atom stereocenters. The molecule has 6 nitrogen and oxygen atoms in total. The fourth-order valence-electron chi connectivity index (χ4n) is 2.91. The Morgan fingerprint density at radius 1 is 1.04 bits per heavy atom. The molecule has 1 aliphatic heterocycles. The largest absolute Gasteiger partial charge is 0.508 e. The molecular weight excluding hydrogens is 312 g/mol. The maximum Gasteiger partial charge on any atom is 0.204 e. The predicted molar refractivity (Wildman–Crippen MR) is 88.7 cm³/mol. The van der Waals surface area contributed by atoms with Gasteiger partial charge in [-0.15, -0.1) is 0 Å². The van der Waals surface area contributed by atoms with Crippen molar-refractivity contribution in [1.82, 2.24) is 0 Å². The minimum Gasteiger partial charge on any atom is -0.508 e. The number of ether oxygens (including phenoxy) is 1. The number of fused-ring (bicyclic) bond motifs is 4. The van der Waals surface area contributed by atoms with Crippen LogP contribution in [0.5, 0.6) is 23.0 Å². The Morgan fingerprint density at radius 3 is 2.54 bits per heavy atom. The average molecular weight is 326 g/mol. The molecule has 122 valence electrons. The molecule has 0 radical (unpaired) electrons. The minimum absolute atomic E-state index is 0.0520. The Balaban J connectivity index is 2.20. The summed E-state index contributed by atoms with van der Waals surface area (Å²) in [6, 6.07) is 3.59. The van der Waals surface area contributed by atoms with E-state index in [0.717, 1.165) is 6.07 Å². The van der Waals surface area contributed by atoms with Crippen LogP contribution >= 0.6 is 0 Å². The predicted octanol–water partition coefficient (Wildman–Crippen LogP) is 3.25. The van der Waals surface area contributed by atoms with Gasteiger partial charge in [-0.2, -0.15) is 0 Å². The summed E-state index contributed by atoms with van der Waals surface area (Å²) in [7, 11) is 0. The van der Waals surface area contributed by atoms with E-state index in [9.17, 15) is 20.1 Å². The molecule has 2 aromatic carbocycles. The van der Waals surface area contributed by atoms with Crippen LogP contribution in [0.1, 0.15) is 19.4 Å². The highest BCUT2D eigenvalue weighted by Crippen LogP contribution is 2.43. The Bertz CT molecular complexity index is 1100. The van der Waals surface area contributed by atoms with E-state index in [-0.39, 0.29) is 44.9 Å². The molecule has 0 spiro atoms. The zero-order chi connectivity index (χ0) is 17.2. The van der Waals surface area contributed by atoms with Gasteiger partial charge in [0.05, 0.1) is 10.9 Å². The van der Waals surface area contributed by atoms with Crippen molar-refractivity contribution in [3.05, 3.63) is 40.1 Å². The molecule has 0 bridgehead atoms. The van der Waals surface area contributed by atoms with Crippen LogP contribution in [-0.4, -0.2) is 20.9 Å². The summed E-state index contributed by atoms with van der Waals surface area (Å²) >= 11 is 0. The van der Waals surface area contributed by atoms with Gasteiger partial charge >= 0.3 is 0 Å². The topological polar surface area (TPSA) is 100 Å². The van der Waals surface area contributed by atoms with Gasteiger partial charge in [0, 0.05) is 12.1 Å². The Kier molecular flexibility index (Phi) is 2.67. The van der Waals surface area contributed by atoms with E-state index in [1.54, 1.807) is 12.2 Å². The van der Waals surface area contributed by atoms with Gasteiger partial charge < -0.3 is 24.5 Å². The summed E-state index contributed by atoms with van der Waals surface area (Å²) in [6.07, 6.45) is 3.51. The van der Waals surface area contributed by atoms with Crippen LogP contribution in [0.4, 0.5) is 0 Å². The van der Waals surface area contributed by atoms with Gasteiger partial charge in [0.2, 0.25) is 5.43 Å². The fourth-order valence-corrected chi connectivity index (χ4v) is 2.91. The molecule has 1 aliphatic rings. The maximum atomic E-state index is 12.7. The van der Waals surface area contributed by atoms with Gasteiger partial charge in [-0.05, 0) is 32.1 Å². The normalized spacial score (nSPS) is 15.4. The van der Waals surface area contributed by atoms with Crippen LogP contribution in [0.2, 0.25) is 0 Å². The first-order valence-electron chi connectivity index (χ1n) is 7.33. The molecule has 4 rings (SSSR count). The number of hydrogen-bond donors (Lipinski definition) is 3. The van der Waals surface area contributed by atoms with Crippen LogP contribution in [0.3, 0.4) is 0 Å². The van der Waals surface area contributed by atoms with Gasteiger partial charge in [0.1, 0.15) is 33.7 Å². The maximum absolute atomic E-state index is 12.7. The van der Waals surface area contributed by atoms with E-state index in [0.29, 0.717) is 5.56 Å². The lowest BCUT2D eigenvalue weighted by Gasteiger charge is -2.28. The molecule has 2 heterocycles. The summed E-state index contributed by atoms with van der Waals surface area (Å²) in [5.41, 5.74) is -0.398. The number of rotatable bonds is 0. The smallest absolute Gasteiger partial charge is 0.204 e. The molecule has 0 unspecified atom stereocenters. The van der Waals surface area contributed by atoms with Crippen molar-refractivity contribution >= 4 is 28.0 Å². The Morgan fingerprint density at radius 2 is 1.79 bits per heavy atom. The Hall–Kier alpha value is -3.15. The van der Waals surface area contributed by atoms with Crippen LogP contribution in [0.25, 0.3) is 28.0 Å². The zero-order valence-corrected chi connectivity index (χ0v) is 13.0. The van der Waals surface area contributed by atoms with E-state index < -0.39 is 11.0 Å². The fraction of sp³-hybridized carbons (Fsp3) is 0.167. The van der Waals surface area contributed by atoms with Gasteiger partial charge in [0.15, 0.2) is 11.5 Å². The zero-order valence-electron chi connectivity index (χ0n) is 13.0.